The minimum absolute atomic E-state index is 0.0182. The molecule has 1 aliphatic rings. The van der Waals surface area contributed by atoms with E-state index in [2.05, 4.69) is 29.6 Å². The summed E-state index contributed by atoms with van der Waals surface area (Å²) in [5, 5.41) is 5.01. The zero-order valence-corrected chi connectivity index (χ0v) is 17.7. The highest BCUT2D eigenvalue weighted by Crippen LogP contribution is 2.30. The van der Waals surface area contributed by atoms with Crippen LogP contribution in [0.2, 0.25) is 0 Å². The van der Waals surface area contributed by atoms with Crippen LogP contribution >= 0.6 is 11.3 Å². The second-order valence-electron chi connectivity index (χ2n) is 7.62. The summed E-state index contributed by atoms with van der Waals surface area (Å²) < 4.78 is 0. The number of benzene rings is 2. The van der Waals surface area contributed by atoms with Gasteiger partial charge in [0.2, 0.25) is 11.8 Å². The summed E-state index contributed by atoms with van der Waals surface area (Å²) >= 11 is 1.62. The molecule has 154 valence electrons. The summed E-state index contributed by atoms with van der Waals surface area (Å²) in [7, 11) is 0. The Morgan fingerprint density at radius 2 is 1.63 bits per heavy atom. The van der Waals surface area contributed by atoms with Crippen LogP contribution in [-0.2, 0) is 16.1 Å². The highest BCUT2D eigenvalue weighted by atomic mass is 32.1. The molecule has 0 radical (unpaired) electrons. The lowest BCUT2D eigenvalue weighted by Gasteiger charge is -2.26. The molecule has 5 heteroatoms. The first-order valence-corrected chi connectivity index (χ1v) is 11.3. The van der Waals surface area contributed by atoms with Crippen LogP contribution in [0.15, 0.2) is 78.2 Å². The van der Waals surface area contributed by atoms with Gasteiger partial charge in [0.05, 0.1) is 6.54 Å². The monoisotopic (exact) mass is 418 g/mol. The van der Waals surface area contributed by atoms with E-state index in [1.165, 1.54) is 0 Å². The number of thiophene rings is 1. The number of hydrogen-bond donors (Lipinski definition) is 1. The van der Waals surface area contributed by atoms with Crippen LogP contribution in [0.4, 0.5) is 0 Å². The molecule has 1 aliphatic heterocycles. The molecule has 0 saturated carbocycles. The maximum Gasteiger partial charge on any atom is 0.243 e. The molecule has 1 N–H and O–H groups in total. The fourth-order valence-electron chi connectivity index (χ4n) is 4.13. The third-order valence-corrected chi connectivity index (χ3v) is 6.55. The topological polar surface area (TPSA) is 49.4 Å². The van der Waals surface area contributed by atoms with Crippen molar-refractivity contribution in [3.05, 3.63) is 94.2 Å². The van der Waals surface area contributed by atoms with Crippen LogP contribution in [0, 0.1) is 0 Å². The van der Waals surface area contributed by atoms with Crippen molar-refractivity contribution in [2.45, 2.75) is 37.8 Å². The van der Waals surface area contributed by atoms with Crippen molar-refractivity contribution >= 4 is 23.2 Å². The summed E-state index contributed by atoms with van der Waals surface area (Å²) in [5.74, 6) is -0.0259. The minimum atomic E-state index is -0.371. The SMILES string of the molecule is O=C(NCc1cccs1)[C@@H]1CCCN1C(=O)CC(c1ccccc1)c1ccccc1. The number of nitrogens with one attached hydrogen (secondary N) is 1. The Bertz CT molecular complexity index is 918. The van der Waals surface area contributed by atoms with E-state index in [1.54, 1.807) is 16.2 Å². The molecule has 3 aromatic rings. The Hall–Kier alpha value is -2.92. The molecule has 2 heterocycles. The molecule has 1 atom stereocenters. The van der Waals surface area contributed by atoms with Gasteiger partial charge in [-0.2, -0.15) is 0 Å². The summed E-state index contributed by atoms with van der Waals surface area (Å²) in [5.41, 5.74) is 2.24. The average molecular weight is 419 g/mol. The smallest absolute Gasteiger partial charge is 0.243 e. The maximum atomic E-state index is 13.3. The van der Waals surface area contributed by atoms with Crippen LogP contribution in [0.1, 0.15) is 41.2 Å². The van der Waals surface area contributed by atoms with Crippen molar-refractivity contribution in [1.29, 1.82) is 0 Å². The van der Waals surface area contributed by atoms with Crippen LogP contribution in [0.25, 0.3) is 0 Å². The first kappa shape index (κ1) is 20.4. The van der Waals surface area contributed by atoms with E-state index in [4.69, 9.17) is 0 Å². The van der Waals surface area contributed by atoms with Gasteiger partial charge in [0.1, 0.15) is 6.04 Å². The van der Waals surface area contributed by atoms with Gasteiger partial charge in [-0.3, -0.25) is 9.59 Å². The van der Waals surface area contributed by atoms with E-state index in [-0.39, 0.29) is 23.8 Å². The summed E-state index contributed by atoms with van der Waals surface area (Å²) in [6, 6.07) is 23.9. The molecule has 2 amide bonds. The zero-order valence-electron chi connectivity index (χ0n) is 16.9. The van der Waals surface area contributed by atoms with Gasteiger partial charge in [0.25, 0.3) is 0 Å². The van der Waals surface area contributed by atoms with Crippen LogP contribution in [-0.4, -0.2) is 29.3 Å². The molecule has 0 bridgehead atoms. The molecular weight excluding hydrogens is 392 g/mol. The average Bonchev–Trinajstić information content (AvgIpc) is 3.49. The van der Waals surface area contributed by atoms with Gasteiger partial charge in [-0.05, 0) is 35.4 Å². The van der Waals surface area contributed by atoms with Gasteiger partial charge >= 0.3 is 0 Å². The van der Waals surface area contributed by atoms with Crippen molar-refractivity contribution in [3.63, 3.8) is 0 Å². The maximum absolute atomic E-state index is 13.3. The van der Waals surface area contributed by atoms with Crippen molar-refractivity contribution in [2.24, 2.45) is 0 Å². The predicted molar refractivity (Wildman–Crippen MR) is 120 cm³/mol. The Balaban J connectivity index is 1.46. The predicted octanol–water partition coefficient (Wildman–Crippen LogP) is 4.58. The molecular formula is C25H26N2O2S. The number of rotatable bonds is 7. The Morgan fingerprint density at radius 1 is 0.967 bits per heavy atom. The Kier molecular flexibility index (Phi) is 6.60. The van der Waals surface area contributed by atoms with Crippen molar-refractivity contribution in [3.8, 4) is 0 Å². The van der Waals surface area contributed by atoms with E-state index in [0.29, 0.717) is 19.5 Å². The van der Waals surface area contributed by atoms with Crippen molar-refractivity contribution < 1.29 is 9.59 Å². The van der Waals surface area contributed by atoms with E-state index in [0.717, 1.165) is 28.8 Å². The van der Waals surface area contributed by atoms with Crippen LogP contribution in [0.5, 0.6) is 0 Å². The zero-order chi connectivity index (χ0) is 20.8. The number of hydrogen-bond acceptors (Lipinski definition) is 3. The molecule has 4 nitrogen and oxygen atoms in total. The van der Waals surface area contributed by atoms with Gasteiger partial charge in [0, 0.05) is 23.8 Å². The van der Waals surface area contributed by atoms with Gasteiger partial charge in [0.15, 0.2) is 0 Å². The van der Waals surface area contributed by atoms with Crippen molar-refractivity contribution in [1.82, 2.24) is 10.2 Å². The van der Waals surface area contributed by atoms with Gasteiger partial charge < -0.3 is 10.2 Å². The number of amides is 2. The molecule has 2 aromatic carbocycles. The first-order chi connectivity index (χ1) is 14.7. The quantitative estimate of drug-likeness (QED) is 0.611. The fourth-order valence-corrected chi connectivity index (χ4v) is 4.78. The van der Waals surface area contributed by atoms with E-state index >= 15 is 0 Å². The van der Waals surface area contributed by atoms with Crippen LogP contribution in [0.3, 0.4) is 0 Å². The summed E-state index contributed by atoms with van der Waals surface area (Å²) in [6.45, 7) is 1.16. The lowest BCUT2D eigenvalue weighted by atomic mass is 9.88. The number of nitrogens with zero attached hydrogens (tertiary/aromatic N) is 1. The van der Waals surface area contributed by atoms with E-state index in [9.17, 15) is 9.59 Å². The molecule has 1 fully saturated rings. The lowest BCUT2D eigenvalue weighted by Crippen LogP contribution is -2.46. The first-order valence-electron chi connectivity index (χ1n) is 10.4. The fraction of sp³-hybridized carbons (Fsp3) is 0.280. The standard InChI is InChI=1S/C25H26N2O2S/c28-24(17-22(19-9-3-1-4-10-19)20-11-5-2-6-12-20)27-15-7-14-23(27)25(29)26-18-21-13-8-16-30-21/h1-6,8-13,16,22-23H,7,14-15,17-18H2,(H,26,29)/t23-/m0/s1. The number of carbonyl (C=O) groups is 2. The normalized spacial score (nSPS) is 16.0. The van der Waals surface area contributed by atoms with Gasteiger partial charge in [-0.1, -0.05) is 66.7 Å². The van der Waals surface area contributed by atoms with Gasteiger partial charge in [-0.25, -0.2) is 0 Å². The van der Waals surface area contributed by atoms with Gasteiger partial charge in [-0.15, -0.1) is 11.3 Å². The lowest BCUT2D eigenvalue weighted by molar-refractivity contribution is -0.138. The van der Waals surface area contributed by atoms with Crippen LogP contribution < -0.4 is 5.32 Å². The second-order valence-corrected chi connectivity index (χ2v) is 8.65. The summed E-state index contributed by atoms with van der Waals surface area (Å²) in [4.78, 5) is 29.0. The molecule has 0 spiro atoms. The third-order valence-electron chi connectivity index (χ3n) is 5.68. The third kappa shape index (κ3) is 4.79. The second kappa shape index (κ2) is 9.72. The molecule has 4 rings (SSSR count). The Labute approximate surface area is 181 Å². The highest BCUT2D eigenvalue weighted by Gasteiger charge is 2.35. The molecule has 0 aliphatic carbocycles. The molecule has 30 heavy (non-hydrogen) atoms. The van der Waals surface area contributed by atoms with E-state index in [1.807, 2.05) is 53.9 Å². The Morgan fingerprint density at radius 3 is 2.23 bits per heavy atom. The largest absolute Gasteiger partial charge is 0.349 e. The highest BCUT2D eigenvalue weighted by molar-refractivity contribution is 7.09. The molecule has 1 aromatic heterocycles. The minimum Gasteiger partial charge on any atom is -0.349 e. The molecule has 0 unspecified atom stereocenters. The van der Waals surface area contributed by atoms with Crippen molar-refractivity contribution in [2.75, 3.05) is 6.54 Å². The molecule has 1 saturated heterocycles. The summed E-state index contributed by atoms with van der Waals surface area (Å²) in [6.07, 6.45) is 1.95. The number of carbonyl (C=O) groups excluding carboxylic acids is 2. The number of likely N-dealkylation sites (tertiary alicyclic amines) is 1. The van der Waals surface area contributed by atoms with E-state index < -0.39 is 0 Å².